The van der Waals surface area contributed by atoms with Crippen molar-refractivity contribution in [2.75, 3.05) is 6.54 Å². The van der Waals surface area contributed by atoms with E-state index >= 15 is 0 Å². The minimum absolute atomic E-state index is 0.0650. The van der Waals surface area contributed by atoms with E-state index in [2.05, 4.69) is 15.3 Å². The Hall–Kier alpha value is -2.48. The van der Waals surface area contributed by atoms with Crippen LogP contribution in [0.5, 0.6) is 0 Å². The summed E-state index contributed by atoms with van der Waals surface area (Å²) < 4.78 is 0. The van der Waals surface area contributed by atoms with Crippen LogP contribution in [0.4, 0.5) is 0 Å². The first-order valence-electron chi connectivity index (χ1n) is 8.77. The molecule has 0 aliphatic heterocycles. The fraction of sp³-hybridized carbons (Fsp3) is 0.300. The number of nitrogens with two attached hydrogens (primary N) is 1. The van der Waals surface area contributed by atoms with Gasteiger partial charge in [-0.15, -0.1) is 11.3 Å². The van der Waals surface area contributed by atoms with Crippen LogP contribution in [-0.4, -0.2) is 27.5 Å². The number of H-pyrrole nitrogens is 1. The number of aliphatic hydroxyl groups excluding tert-OH is 1. The number of benzene rings is 1. The lowest BCUT2D eigenvalue weighted by Gasteiger charge is -2.13. The lowest BCUT2D eigenvalue weighted by atomic mass is 10.1. The van der Waals surface area contributed by atoms with Gasteiger partial charge in [0.05, 0.1) is 23.2 Å². The van der Waals surface area contributed by atoms with Crippen molar-refractivity contribution in [1.82, 2.24) is 15.3 Å². The van der Waals surface area contributed by atoms with E-state index in [1.165, 1.54) is 16.9 Å². The number of nitrogens with zero attached hydrogens (tertiary/aromatic N) is 1. The van der Waals surface area contributed by atoms with Gasteiger partial charge < -0.3 is 21.1 Å². The SMILES string of the molecule is Cc1ccc(-c2[nH]c(C(=O)NC(CN)c3nc(C)c(CO)s3)cc2C)cc1. The maximum Gasteiger partial charge on any atom is 0.268 e. The van der Waals surface area contributed by atoms with Gasteiger partial charge in [-0.2, -0.15) is 0 Å². The smallest absolute Gasteiger partial charge is 0.268 e. The zero-order chi connectivity index (χ0) is 19.6. The van der Waals surface area contributed by atoms with Crippen molar-refractivity contribution in [3.63, 3.8) is 0 Å². The van der Waals surface area contributed by atoms with Gasteiger partial charge in [0, 0.05) is 12.2 Å². The third-order valence-electron chi connectivity index (χ3n) is 4.49. The number of carbonyl (C=O) groups is 1. The zero-order valence-corrected chi connectivity index (χ0v) is 16.5. The highest BCUT2D eigenvalue weighted by atomic mass is 32.1. The van der Waals surface area contributed by atoms with Crippen LogP contribution in [0, 0.1) is 20.8 Å². The molecule has 3 aromatic rings. The Morgan fingerprint density at radius 1 is 1.30 bits per heavy atom. The predicted molar refractivity (Wildman–Crippen MR) is 108 cm³/mol. The molecule has 5 N–H and O–H groups in total. The minimum atomic E-state index is -0.395. The number of nitrogens with one attached hydrogen (secondary N) is 2. The fourth-order valence-corrected chi connectivity index (χ4v) is 3.89. The van der Waals surface area contributed by atoms with Gasteiger partial charge >= 0.3 is 0 Å². The van der Waals surface area contributed by atoms with Gasteiger partial charge in [0.15, 0.2) is 0 Å². The van der Waals surface area contributed by atoms with Crippen LogP contribution >= 0.6 is 11.3 Å². The summed E-state index contributed by atoms with van der Waals surface area (Å²) in [4.78, 5) is 21.2. The van der Waals surface area contributed by atoms with Gasteiger partial charge in [0.1, 0.15) is 10.7 Å². The third-order valence-corrected chi connectivity index (χ3v) is 5.75. The average molecular weight is 385 g/mol. The number of aryl methyl sites for hydroxylation is 3. The number of hydrogen-bond acceptors (Lipinski definition) is 5. The summed E-state index contributed by atoms with van der Waals surface area (Å²) in [6.45, 7) is 6.02. The lowest BCUT2D eigenvalue weighted by molar-refractivity contribution is 0.0933. The summed E-state index contributed by atoms with van der Waals surface area (Å²) in [5.74, 6) is -0.231. The number of thiazole rings is 1. The first kappa shape index (κ1) is 19.3. The predicted octanol–water partition coefficient (Wildman–Crippen LogP) is 2.99. The van der Waals surface area contributed by atoms with Gasteiger partial charge in [-0.1, -0.05) is 29.8 Å². The van der Waals surface area contributed by atoms with Crippen LogP contribution in [-0.2, 0) is 6.61 Å². The molecule has 6 nitrogen and oxygen atoms in total. The second kappa shape index (κ2) is 8.04. The molecule has 0 aliphatic rings. The third kappa shape index (κ3) is 4.10. The standard InChI is InChI=1S/C20H24N4O2S/c1-11-4-6-14(7-5-11)18-12(2)8-15(23-18)19(26)24-16(9-21)20-22-13(3)17(10-25)27-20/h4-8,16,23,25H,9-10,21H2,1-3H3,(H,24,26). The van der Waals surface area contributed by atoms with Gasteiger partial charge in [-0.3, -0.25) is 4.79 Å². The molecule has 1 unspecified atom stereocenters. The monoisotopic (exact) mass is 384 g/mol. The molecule has 27 heavy (non-hydrogen) atoms. The number of carbonyl (C=O) groups excluding carboxylic acids is 1. The summed E-state index contributed by atoms with van der Waals surface area (Å²) in [7, 11) is 0. The van der Waals surface area contributed by atoms with Crippen LogP contribution in [0.25, 0.3) is 11.3 Å². The number of rotatable bonds is 6. The molecular weight excluding hydrogens is 360 g/mol. The molecule has 3 rings (SSSR count). The number of hydrogen-bond donors (Lipinski definition) is 4. The molecule has 142 valence electrons. The first-order chi connectivity index (χ1) is 12.9. The van der Waals surface area contributed by atoms with Crippen molar-refractivity contribution < 1.29 is 9.90 Å². The Morgan fingerprint density at radius 3 is 2.59 bits per heavy atom. The van der Waals surface area contributed by atoms with Crippen molar-refractivity contribution >= 4 is 17.2 Å². The summed E-state index contributed by atoms with van der Waals surface area (Å²) in [5.41, 5.74) is 11.3. The summed E-state index contributed by atoms with van der Waals surface area (Å²) in [6, 6.07) is 9.60. The highest BCUT2D eigenvalue weighted by Crippen LogP contribution is 2.26. The molecule has 0 aliphatic carbocycles. The Balaban J connectivity index is 1.80. The van der Waals surface area contributed by atoms with Crippen molar-refractivity contribution in [1.29, 1.82) is 0 Å². The Bertz CT molecular complexity index is 944. The van der Waals surface area contributed by atoms with Gasteiger partial charge in [0.25, 0.3) is 5.91 Å². The van der Waals surface area contributed by atoms with E-state index < -0.39 is 6.04 Å². The topological polar surface area (TPSA) is 104 Å². The summed E-state index contributed by atoms with van der Waals surface area (Å²) >= 11 is 1.37. The van der Waals surface area contributed by atoms with E-state index in [4.69, 9.17) is 5.73 Å². The molecule has 0 saturated carbocycles. The van der Waals surface area contributed by atoms with Crippen LogP contribution in [0.2, 0.25) is 0 Å². The molecular formula is C20H24N4O2S. The molecule has 0 spiro atoms. The largest absolute Gasteiger partial charge is 0.391 e. The van der Waals surface area contributed by atoms with Gasteiger partial charge in [-0.05, 0) is 38.0 Å². The van der Waals surface area contributed by atoms with Gasteiger partial charge in [0.2, 0.25) is 0 Å². The number of amides is 1. The number of aromatic nitrogens is 2. The van der Waals surface area contributed by atoms with Crippen LogP contribution in [0.1, 0.15) is 43.2 Å². The van der Waals surface area contributed by atoms with E-state index in [1.54, 1.807) is 0 Å². The quantitative estimate of drug-likeness (QED) is 0.524. The molecule has 2 aromatic heterocycles. The molecule has 1 aromatic carbocycles. The first-order valence-corrected chi connectivity index (χ1v) is 9.59. The van der Waals surface area contributed by atoms with E-state index in [-0.39, 0.29) is 19.1 Å². The number of aromatic amines is 1. The molecule has 2 heterocycles. The minimum Gasteiger partial charge on any atom is -0.391 e. The maximum atomic E-state index is 12.7. The van der Waals surface area contributed by atoms with Crippen molar-refractivity contribution in [2.24, 2.45) is 5.73 Å². The van der Waals surface area contributed by atoms with Crippen LogP contribution in [0.15, 0.2) is 30.3 Å². The molecule has 7 heteroatoms. The highest BCUT2D eigenvalue weighted by Gasteiger charge is 2.21. The average Bonchev–Trinajstić information content (AvgIpc) is 3.23. The fourth-order valence-electron chi connectivity index (χ4n) is 2.90. The molecule has 0 fully saturated rings. The summed E-state index contributed by atoms with van der Waals surface area (Å²) in [5, 5.41) is 13.0. The van der Waals surface area contributed by atoms with E-state index in [9.17, 15) is 9.90 Å². The Labute approximate surface area is 162 Å². The Kier molecular flexibility index (Phi) is 5.74. The van der Waals surface area contributed by atoms with E-state index in [0.717, 1.165) is 27.4 Å². The highest BCUT2D eigenvalue weighted by molar-refractivity contribution is 7.11. The van der Waals surface area contributed by atoms with Crippen LogP contribution < -0.4 is 11.1 Å². The molecule has 0 bridgehead atoms. The zero-order valence-electron chi connectivity index (χ0n) is 15.7. The molecule has 1 amide bonds. The van der Waals surface area contributed by atoms with Crippen molar-refractivity contribution in [3.05, 3.63) is 62.7 Å². The molecule has 1 atom stereocenters. The van der Waals surface area contributed by atoms with E-state index in [1.807, 2.05) is 51.1 Å². The second-order valence-corrected chi connectivity index (χ2v) is 7.70. The molecule has 0 radical (unpaired) electrons. The van der Waals surface area contributed by atoms with Crippen LogP contribution in [0.3, 0.4) is 0 Å². The van der Waals surface area contributed by atoms with E-state index in [0.29, 0.717) is 10.7 Å². The molecule has 0 saturated heterocycles. The number of aliphatic hydroxyl groups is 1. The summed E-state index contributed by atoms with van der Waals surface area (Å²) in [6.07, 6.45) is 0. The van der Waals surface area contributed by atoms with Gasteiger partial charge in [-0.25, -0.2) is 4.98 Å². The lowest BCUT2D eigenvalue weighted by Crippen LogP contribution is -2.33. The normalized spacial score (nSPS) is 12.2. The maximum absolute atomic E-state index is 12.7. The van der Waals surface area contributed by atoms with Crippen molar-refractivity contribution in [3.8, 4) is 11.3 Å². The Morgan fingerprint density at radius 2 is 2.00 bits per heavy atom. The van der Waals surface area contributed by atoms with Crippen molar-refractivity contribution in [2.45, 2.75) is 33.4 Å². The second-order valence-electron chi connectivity index (χ2n) is 6.59.